The molecule has 4 N–H and O–H groups in total. The Morgan fingerprint density at radius 3 is 1.03 bits per heavy atom. The van der Waals surface area contributed by atoms with E-state index in [1.54, 1.807) is 0 Å². The number of carboxylic acids is 2. The lowest BCUT2D eigenvalue weighted by atomic mass is 10.1. The third-order valence-corrected chi connectivity index (χ3v) is 5.24. The van der Waals surface area contributed by atoms with Gasteiger partial charge in [0, 0.05) is 19.8 Å². The molecule has 0 radical (unpaired) electrons. The molecule has 0 aliphatic carbocycles. The number of aliphatic carboxylic acids is 2. The average molecular weight is 505 g/mol. The van der Waals surface area contributed by atoms with E-state index in [1.165, 1.54) is 96.8 Å². The van der Waals surface area contributed by atoms with Crippen LogP contribution >= 0.6 is 0 Å². The Kier molecular flexibility index (Phi) is 42.2. The zero-order valence-corrected chi connectivity index (χ0v) is 23.0. The van der Waals surface area contributed by atoms with E-state index in [-0.39, 0.29) is 11.4 Å². The number of unbranched alkanes of at least 4 members (excludes halogenated alkanes) is 16. The Balaban J connectivity index is -0.000000219. The largest absolute Gasteiger partial charge is 0.481 e. The second-order valence-corrected chi connectivity index (χ2v) is 8.72. The summed E-state index contributed by atoms with van der Waals surface area (Å²) in [5, 5.41) is 16.8. The fourth-order valence-electron chi connectivity index (χ4n) is 3.29. The highest BCUT2D eigenvalue weighted by Crippen LogP contribution is 2.11. The van der Waals surface area contributed by atoms with Crippen LogP contribution < -0.4 is 0 Å². The molecule has 0 unspecified atom stereocenters. The van der Waals surface area contributed by atoms with Crippen LogP contribution in [-0.2, 0) is 19.1 Å². The van der Waals surface area contributed by atoms with Gasteiger partial charge in [-0.3, -0.25) is 14.4 Å². The van der Waals surface area contributed by atoms with Crippen molar-refractivity contribution in [3.8, 4) is 0 Å². The molecule has 0 bridgehead atoms. The number of hydrogen-bond donors (Lipinski definition) is 2. The quantitative estimate of drug-likeness (QED) is 0.0928. The van der Waals surface area contributed by atoms with Gasteiger partial charge in [0.05, 0.1) is 6.26 Å². The number of carbonyl (C=O) groups excluding carboxylic acids is 1. The van der Waals surface area contributed by atoms with E-state index in [2.05, 4.69) is 25.2 Å². The van der Waals surface area contributed by atoms with Gasteiger partial charge in [-0.05, 0) is 12.8 Å². The van der Waals surface area contributed by atoms with Crippen LogP contribution in [0, 0.1) is 0 Å². The van der Waals surface area contributed by atoms with Crippen molar-refractivity contribution >= 4 is 17.9 Å². The van der Waals surface area contributed by atoms with Gasteiger partial charge in [0.15, 0.2) is 0 Å². The van der Waals surface area contributed by atoms with Crippen LogP contribution in [0.25, 0.3) is 0 Å². The van der Waals surface area contributed by atoms with Crippen LogP contribution in [-0.4, -0.2) is 33.6 Å². The van der Waals surface area contributed by atoms with Crippen molar-refractivity contribution in [1.82, 2.24) is 0 Å². The van der Waals surface area contributed by atoms with Gasteiger partial charge in [0.25, 0.3) is 0 Å². The highest BCUT2D eigenvalue weighted by molar-refractivity contribution is 5.67. The summed E-state index contributed by atoms with van der Waals surface area (Å²) in [5.41, 5.74) is 0. The van der Waals surface area contributed by atoms with Crippen LogP contribution in [0.3, 0.4) is 0 Å². The molecule has 0 aromatic heterocycles. The Morgan fingerprint density at radius 1 is 0.600 bits per heavy atom. The fraction of sp³-hybridized carbons (Fsp3) is 0.821. The summed E-state index contributed by atoms with van der Waals surface area (Å²) < 4.78 is 4.17. The van der Waals surface area contributed by atoms with Crippen molar-refractivity contribution < 1.29 is 34.8 Å². The number of ether oxygens (including phenoxy) is 1. The number of carboxylic acid groups (broad SMARTS) is 2. The fourth-order valence-corrected chi connectivity index (χ4v) is 3.29. The lowest BCUT2D eigenvalue weighted by molar-refractivity contribution is -0.138. The van der Waals surface area contributed by atoms with Gasteiger partial charge < -0.3 is 20.4 Å². The third kappa shape index (κ3) is 54.5. The van der Waals surface area contributed by atoms with E-state index in [1.807, 2.05) is 0 Å². The molecule has 0 aliphatic rings. The highest BCUT2D eigenvalue weighted by atomic mass is 16.5. The van der Waals surface area contributed by atoms with Crippen molar-refractivity contribution in [2.24, 2.45) is 0 Å². The lowest BCUT2D eigenvalue weighted by Crippen LogP contribution is -1.93. The summed E-state index contributed by atoms with van der Waals surface area (Å²) >= 11 is 0. The van der Waals surface area contributed by atoms with Gasteiger partial charge in [-0.2, -0.15) is 0 Å². The Bertz CT molecular complexity index is 432. The molecule has 0 amide bonds. The maximum Gasteiger partial charge on any atom is 0.307 e. The first-order valence-corrected chi connectivity index (χ1v) is 13.5. The molecule has 0 aromatic rings. The topological polar surface area (TPSA) is 132 Å². The molecular weight excluding hydrogens is 448 g/mol. The van der Waals surface area contributed by atoms with E-state index in [0.717, 1.165) is 31.9 Å². The first-order valence-electron chi connectivity index (χ1n) is 13.5. The summed E-state index contributed by atoms with van der Waals surface area (Å²) in [7, 11) is 0. The van der Waals surface area contributed by atoms with E-state index in [0.29, 0.717) is 12.8 Å². The summed E-state index contributed by atoms with van der Waals surface area (Å²) in [5.74, 6) is -1.65. The van der Waals surface area contributed by atoms with Crippen molar-refractivity contribution in [2.45, 2.75) is 149 Å². The van der Waals surface area contributed by atoms with E-state index in [4.69, 9.17) is 10.2 Å². The smallest absolute Gasteiger partial charge is 0.307 e. The van der Waals surface area contributed by atoms with Crippen LogP contribution in [0.1, 0.15) is 149 Å². The molecule has 7 nitrogen and oxygen atoms in total. The van der Waals surface area contributed by atoms with Gasteiger partial charge in [-0.15, -0.1) is 0 Å². The van der Waals surface area contributed by atoms with Gasteiger partial charge in [-0.25, -0.2) is 0 Å². The maximum atomic E-state index is 10.2. The molecule has 0 saturated heterocycles. The molecule has 35 heavy (non-hydrogen) atoms. The highest BCUT2D eigenvalue weighted by Gasteiger charge is 1.97. The SMILES string of the molecule is C=COC(C)=O.CCCCCCCCCCCC(=O)O.CCCCCCCCCCCC(=O)O.O. The zero-order valence-electron chi connectivity index (χ0n) is 23.0. The summed E-state index contributed by atoms with van der Waals surface area (Å²) in [4.78, 5) is 30.2. The molecule has 0 atom stereocenters. The average Bonchev–Trinajstić information content (AvgIpc) is 2.77. The Hall–Kier alpha value is -1.89. The first-order chi connectivity index (χ1) is 16.3. The molecule has 0 spiro atoms. The van der Waals surface area contributed by atoms with Crippen LogP contribution in [0.2, 0.25) is 0 Å². The third-order valence-electron chi connectivity index (χ3n) is 5.24. The number of carbonyl (C=O) groups is 3. The minimum Gasteiger partial charge on any atom is -0.481 e. The number of rotatable bonds is 21. The monoisotopic (exact) mass is 504 g/mol. The second kappa shape index (κ2) is 36.7. The Morgan fingerprint density at radius 2 is 0.857 bits per heavy atom. The summed E-state index contributed by atoms with van der Waals surface area (Å²) in [6.07, 6.45) is 24.1. The zero-order chi connectivity index (χ0) is 26.3. The lowest BCUT2D eigenvalue weighted by Gasteiger charge is -2.00. The standard InChI is InChI=1S/2C12H24O2.C4H6O2.H2O/c2*1-2-3-4-5-6-7-8-9-10-11-12(13)14;1-3-6-4(2)5;/h2*2-11H2,1H3,(H,13,14);3H,1H2,2H3;1H2. The van der Waals surface area contributed by atoms with Crippen molar-refractivity contribution in [2.75, 3.05) is 0 Å². The molecule has 7 heteroatoms. The molecule has 0 rings (SSSR count). The molecule has 0 aromatic carbocycles. The first kappa shape index (κ1) is 40.3. The number of hydrogen-bond acceptors (Lipinski definition) is 4. The van der Waals surface area contributed by atoms with Gasteiger partial charge in [0.2, 0.25) is 0 Å². The van der Waals surface area contributed by atoms with Crippen LogP contribution in [0.4, 0.5) is 0 Å². The normalized spacial score (nSPS) is 9.46. The Labute approximate surface area is 215 Å². The minimum absolute atomic E-state index is 0. The molecule has 0 heterocycles. The summed E-state index contributed by atoms with van der Waals surface area (Å²) in [6, 6.07) is 0. The van der Waals surface area contributed by atoms with Crippen molar-refractivity contribution in [3.05, 3.63) is 12.8 Å². The minimum atomic E-state index is -0.659. The molecule has 0 saturated carbocycles. The van der Waals surface area contributed by atoms with Gasteiger partial charge in [0.1, 0.15) is 0 Å². The predicted molar refractivity (Wildman–Crippen MR) is 145 cm³/mol. The molecular formula is C28H56O7. The van der Waals surface area contributed by atoms with Gasteiger partial charge >= 0.3 is 17.9 Å². The molecule has 0 aliphatic heterocycles. The van der Waals surface area contributed by atoms with Crippen molar-refractivity contribution in [3.63, 3.8) is 0 Å². The van der Waals surface area contributed by atoms with Crippen molar-refractivity contribution in [1.29, 1.82) is 0 Å². The number of esters is 1. The van der Waals surface area contributed by atoms with Crippen LogP contribution in [0.5, 0.6) is 0 Å². The molecule has 210 valence electrons. The van der Waals surface area contributed by atoms with Gasteiger partial charge in [-0.1, -0.05) is 123 Å². The molecule has 0 fully saturated rings. The van der Waals surface area contributed by atoms with Crippen LogP contribution in [0.15, 0.2) is 12.8 Å². The second-order valence-electron chi connectivity index (χ2n) is 8.72. The predicted octanol–water partition coefficient (Wildman–Crippen LogP) is 7.85. The maximum absolute atomic E-state index is 10.2. The van der Waals surface area contributed by atoms with E-state index in [9.17, 15) is 14.4 Å². The summed E-state index contributed by atoms with van der Waals surface area (Å²) in [6.45, 7) is 8.94. The van der Waals surface area contributed by atoms with E-state index >= 15 is 0 Å². The van der Waals surface area contributed by atoms with E-state index < -0.39 is 11.9 Å².